The van der Waals surface area contributed by atoms with Crippen LogP contribution in [0, 0.1) is 5.92 Å². The molecule has 0 radical (unpaired) electrons. The van der Waals surface area contributed by atoms with Gasteiger partial charge >= 0.3 is 0 Å². The van der Waals surface area contributed by atoms with Crippen LogP contribution in [0.5, 0.6) is 0 Å². The van der Waals surface area contributed by atoms with Crippen LogP contribution < -0.4 is 0 Å². The van der Waals surface area contributed by atoms with Crippen LogP contribution in [0.25, 0.3) is 0 Å². The Morgan fingerprint density at radius 1 is 0.944 bits per heavy atom. The maximum Gasteiger partial charge on any atom is 0.163 e. The van der Waals surface area contributed by atoms with E-state index in [0.29, 0.717) is 12.5 Å². The van der Waals surface area contributed by atoms with Gasteiger partial charge in [-0.1, -0.05) is 13.8 Å². The topological polar surface area (TPSA) is 36.9 Å². The van der Waals surface area contributed by atoms with E-state index < -0.39 is 11.6 Å². The maximum absolute atomic E-state index is 6.07. The van der Waals surface area contributed by atoms with Crippen LogP contribution in [0.3, 0.4) is 0 Å². The summed E-state index contributed by atoms with van der Waals surface area (Å²) in [5.41, 5.74) is 0. The van der Waals surface area contributed by atoms with Crippen molar-refractivity contribution in [2.24, 2.45) is 5.92 Å². The lowest BCUT2D eigenvalue weighted by molar-refractivity contribution is -0.310. The summed E-state index contributed by atoms with van der Waals surface area (Å²) in [5, 5.41) is 0. The lowest BCUT2D eigenvalue weighted by Gasteiger charge is -2.42. The molecule has 4 heteroatoms. The Bertz CT molecular complexity index is 298. The summed E-state index contributed by atoms with van der Waals surface area (Å²) < 4.78 is 23.7. The van der Waals surface area contributed by atoms with Crippen molar-refractivity contribution in [3.05, 3.63) is 0 Å². The molecular formula is C14H26O4. The monoisotopic (exact) mass is 258 g/mol. The Balaban J connectivity index is 2.13. The zero-order chi connectivity index (χ0) is 13.6. The number of rotatable bonds is 2. The van der Waals surface area contributed by atoms with E-state index in [4.69, 9.17) is 18.9 Å². The van der Waals surface area contributed by atoms with Gasteiger partial charge in [0.1, 0.15) is 6.10 Å². The molecule has 106 valence electrons. The second-order valence-corrected chi connectivity index (χ2v) is 6.32. The van der Waals surface area contributed by atoms with Crippen LogP contribution in [0.15, 0.2) is 0 Å². The highest BCUT2D eigenvalue weighted by Crippen LogP contribution is 2.38. The van der Waals surface area contributed by atoms with Crippen LogP contribution >= 0.6 is 0 Å². The van der Waals surface area contributed by atoms with E-state index in [1.807, 2.05) is 27.7 Å². The fraction of sp³-hybridized carbons (Fsp3) is 1.00. The summed E-state index contributed by atoms with van der Waals surface area (Å²) >= 11 is 0. The highest BCUT2D eigenvalue weighted by molar-refractivity contribution is 4.91. The molecule has 0 bridgehead atoms. The Kier molecular flexibility index (Phi) is 3.76. The molecule has 0 N–H and O–H groups in total. The molecule has 0 spiro atoms. The smallest absolute Gasteiger partial charge is 0.163 e. The molecule has 4 atom stereocenters. The Hall–Kier alpha value is -0.160. The van der Waals surface area contributed by atoms with Crippen LogP contribution in [0.4, 0.5) is 0 Å². The molecule has 4 nitrogen and oxygen atoms in total. The standard InChI is InChI=1S/C14H26O4/c1-7-10-12(18-14(5,6)16-10)11-9(2)8-15-13(3,4)17-11/h9-12H,7-8H2,1-6H3/t9?,10-,11+,12?/m0/s1. The Morgan fingerprint density at radius 2 is 1.56 bits per heavy atom. The molecule has 0 amide bonds. The van der Waals surface area contributed by atoms with Gasteiger partial charge in [0, 0.05) is 5.92 Å². The predicted molar refractivity (Wildman–Crippen MR) is 68.2 cm³/mol. The fourth-order valence-corrected chi connectivity index (χ4v) is 2.75. The third-order valence-electron chi connectivity index (χ3n) is 3.62. The van der Waals surface area contributed by atoms with Gasteiger partial charge in [-0.3, -0.25) is 0 Å². The van der Waals surface area contributed by atoms with E-state index in [1.54, 1.807) is 0 Å². The first kappa shape index (κ1) is 14.3. The largest absolute Gasteiger partial charge is 0.350 e. The molecule has 0 aromatic carbocycles. The molecule has 0 aromatic heterocycles. The van der Waals surface area contributed by atoms with Crippen LogP contribution in [-0.2, 0) is 18.9 Å². The molecule has 0 aliphatic carbocycles. The average molecular weight is 258 g/mol. The summed E-state index contributed by atoms with van der Waals surface area (Å²) in [6.07, 6.45) is 1.05. The van der Waals surface area contributed by atoms with Crippen molar-refractivity contribution in [3.63, 3.8) is 0 Å². The summed E-state index contributed by atoms with van der Waals surface area (Å²) in [5.74, 6) is -0.739. The van der Waals surface area contributed by atoms with Gasteiger partial charge in [-0.05, 0) is 34.1 Å². The minimum atomic E-state index is -0.536. The molecule has 0 aromatic rings. The van der Waals surface area contributed by atoms with Crippen molar-refractivity contribution in [3.8, 4) is 0 Å². The first-order valence-electron chi connectivity index (χ1n) is 6.91. The SMILES string of the molecule is CC[C@@H]1OC(C)(C)OC1[C@@H]1OC(C)(C)OCC1C. The summed E-state index contributed by atoms with van der Waals surface area (Å²) in [6.45, 7) is 12.8. The maximum atomic E-state index is 6.07. The molecule has 2 fully saturated rings. The van der Waals surface area contributed by atoms with Crippen molar-refractivity contribution in [2.45, 2.75) is 77.8 Å². The molecule has 18 heavy (non-hydrogen) atoms. The highest BCUT2D eigenvalue weighted by atomic mass is 16.8. The zero-order valence-electron chi connectivity index (χ0n) is 12.4. The van der Waals surface area contributed by atoms with Crippen molar-refractivity contribution in [1.82, 2.24) is 0 Å². The fourth-order valence-electron chi connectivity index (χ4n) is 2.75. The lowest BCUT2D eigenvalue weighted by Crippen LogP contribution is -2.52. The van der Waals surface area contributed by atoms with Crippen LogP contribution in [-0.4, -0.2) is 36.5 Å². The van der Waals surface area contributed by atoms with E-state index in [0.717, 1.165) is 6.42 Å². The van der Waals surface area contributed by atoms with E-state index in [-0.39, 0.29) is 18.3 Å². The predicted octanol–water partition coefficient (Wildman–Crippen LogP) is 2.70. The number of ether oxygens (including phenoxy) is 4. The van der Waals surface area contributed by atoms with Crippen LogP contribution in [0.2, 0.25) is 0 Å². The summed E-state index contributed by atoms with van der Waals surface area (Å²) in [7, 11) is 0. The molecule has 2 heterocycles. The van der Waals surface area contributed by atoms with Gasteiger partial charge in [-0.25, -0.2) is 0 Å². The van der Waals surface area contributed by atoms with Gasteiger partial charge in [-0.15, -0.1) is 0 Å². The second-order valence-electron chi connectivity index (χ2n) is 6.32. The minimum Gasteiger partial charge on any atom is -0.350 e. The average Bonchev–Trinajstić information content (AvgIpc) is 2.57. The Labute approximate surface area is 110 Å². The first-order valence-corrected chi connectivity index (χ1v) is 6.91. The lowest BCUT2D eigenvalue weighted by atomic mass is 9.94. The van der Waals surface area contributed by atoms with Crippen molar-refractivity contribution < 1.29 is 18.9 Å². The van der Waals surface area contributed by atoms with E-state index in [9.17, 15) is 0 Å². The van der Waals surface area contributed by atoms with Gasteiger partial charge in [-0.2, -0.15) is 0 Å². The first-order chi connectivity index (χ1) is 8.24. The summed E-state index contributed by atoms with van der Waals surface area (Å²) in [6, 6.07) is 0. The van der Waals surface area contributed by atoms with Gasteiger partial charge in [0.05, 0.1) is 18.8 Å². The van der Waals surface area contributed by atoms with Gasteiger partial charge in [0.25, 0.3) is 0 Å². The van der Waals surface area contributed by atoms with Gasteiger partial charge < -0.3 is 18.9 Å². The molecule has 2 aliphatic rings. The third-order valence-corrected chi connectivity index (χ3v) is 3.62. The number of hydrogen-bond acceptors (Lipinski definition) is 4. The molecule has 2 unspecified atom stereocenters. The second kappa shape index (κ2) is 4.75. The van der Waals surface area contributed by atoms with E-state index >= 15 is 0 Å². The third kappa shape index (κ3) is 2.87. The van der Waals surface area contributed by atoms with Gasteiger partial charge in [0.15, 0.2) is 11.6 Å². The molecular weight excluding hydrogens is 232 g/mol. The summed E-state index contributed by atoms with van der Waals surface area (Å²) in [4.78, 5) is 0. The highest BCUT2D eigenvalue weighted by Gasteiger charge is 2.49. The van der Waals surface area contributed by atoms with Crippen molar-refractivity contribution >= 4 is 0 Å². The molecule has 2 aliphatic heterocycles. The normalized spacial score (nSPS) is 43.0. The van der Waals surface area contributed by atoms with Crippen molar-refractivity contribution in [1.29, 1.82) is 0 Å². The van der Waals surface area contributed by atoms with Gasteiger partial charge in [0.2, 0.25) is 0 Å². The van der Waals surface area contributed by atoms with E-state index in [1.165, 1.54) is 0 Å². The molecule has 2 rings (SSSR count). The zero-order valence-corrected chi connectivity index (χ0v) is 12.4. The Morgan fingerprint density at radius 3 is 2.17 bits per heavy atom. The quantitative estimate of drug-likeness (QED) is 0.763. The minimum absolute atomic E-state index is 0.0109. The van der Waals surface area contributed by atoms with Crippen LogP contribution in [0.1, 0.15) is 48.0 Å². The molecule has 0 saturated carbocycles. The van der Waals surface area contributed by atoms with Crippen molar-refractivity contribution in [2.75, 3.05) is 6.61 Å². The number of hydrogen-bond donors (Lipinski definition) is 0. The molecule has 2 saturated heterocycles. The van der Waals surface area contributed by atoms with E-state index in [2.05, 4.69) is 13.8 Å².